The summed E-state index contributed by atoms with van der Waals surface area (Å²) in [7, 11) is 2.14. The van der Waals surface area contributed by atoms with Gasteiger partial charge in [-0.25, -0.2) is 0 Å². The molecule has 1 saturated carbocycles. The van der Waals surface area contributed by atoms with Crippen LogP contribution in [0.4, 0.5) is 0 Å². The largest absolute Gasteiger partial charge is 0.340 e. The van der Waals surface area contributed by atoms with E-state index in [2.05, 4.69) is 23.8 Å². The zero-order valence-electron chi connectivity index (χ0n) is 13.1. The monoisotopic (exact) mass is 302 g/mol. The summed E-state index contributed by atoms with van der Waals surface area (Å²) in [5.74, 6) is 1.68. The third kappa shape index (κ3) is 4.92. The highest BCUT2D eigenvalue weighted by molar-refractivity contribution is 5.85. The van der Waals surface area contributed by atoms with Gasteiger partial charge in [0, 0.05) is 32.1 Å². The number of rotatable bonds is 4. The quantitative estimate of drug-likeness (QED) is 0.796. The number of amides is 1. The van der Waals surface area contributed by atoms with Gasteiger partial charge in [0.15, 0.2) is 0 Å². The first-order chi connectivity index (χ1) is 9.20. The minimum Gasteiger partial charge on any atom is -0.340 e. The first-order valence-electron chi connectivity index (χ1n) is 8.18. The van der Waals surface area contributed by atoms with E-state index in [4.69, 9.17) is 0 Å². The summed E-state index contributed by atoms with van der Waals surface area (Å²) < 4.78 is 0. The molecule has 4 heteroatoms. The molecule has 0 radical (unpaired) electrons. The van der Waals surface area contributed by atoms with Gasteiger partial charge in [0.05, 0.1) is 0 Å². The molecule has 0 aromatic heterocycles. The summed E-state index contributed by atoms with van der Waals surface area (Å²) in [6.45, 7) is 6.22. The zero-order valence-corrected chi connectivity index (χ0v) is 14.0. The van der Waals surface area contributed by atoms with Crippen molar-refractivity contribution in [3.63, 3.8) is 0 Å². The first kappa shape index (κ1) is 17.8. The number of nitrogens with zero attached hydrogens (tertiary/aromatic N) is 2. The van der Waals surface area contributed by atoms with E-state index in [-0.39, 0.29) is 12.4 Å². The van der Waals surface area contributed by atoms with Crippen molar-refractivity contribution in [3.8, 4) is 0 Å². The van der Waals surface area contributed by atoms with Gasteiger partial charge in [-0.2, -0.15) is 0 Å². The van der Waals surface area contributed by atoms with Gasteiger partial charge in [-0.15, -0.1) is 12.4 Å². The predicted octanol–water partition coefficient (Wildman–Crippen LogP) is 3.18. The van der Waals surface area contributed by atoms with Crippen molar-refractivity contribution in [1.29, 1.82) is 0 Å². The van der Waals surface area contributed by atoms with Gasteiger partial charge in [-0.05, 0) is 38.6 Å². The number of halogens is 1. The average molecular weight is 303 g/mol. The van der Waals surface area contributed by atoms with E-state index in [0.29, 0.717) is 11.8 Å². The molecular formula is C16H31ClN2O. The van der Waals surface area contributed by atoms with E-state index in [0.717, 1.165) is 44.9 Å². The highest BCUT2D eigenvalue weighted by Crippen LogP contribution is 2.33. The smallest absolute Gasteiger partial charge is 0.225 e. The lowest BCUT2D eigenvalue weighted by molar-refractivity contribution is -0.138. The Kier molecular flexibility index (Phi) is 7.90. The van der Waals surface area contributed by atoms with E-state index in [1.165, 1.54) is 32.1 Å². The van der Waals surface area contributed by atoms with Gasteiger partial charge >= 0.3 is 0 Å². The summed E-state index contributed by atoms with van der Waals surface area (Å²) in [4.78, 5) is 16.9. The zero-order chi connectivity index (χ0) is 13.7. The molecule has 1 aliphatic carbocycles. The van der Waals surface area contributed by atoms with E-state index in [1.54, 1.807) is 0 Å². The van der Waals surface area contributed by atoms with E-state index in [9.17, 15) is 4.79 Å². The van der Waals surface area contributed by atoms with Gasteiger partial charge < -0.3 is 9.80 Å². The number of carbonyl (C=O) groups excluding carboxylic acids is 1. The SMILES string of the molecule is CCCCC1CCC(C(=O)N2CCN(C)CC2)CC1.Cl. The van der Waals surface area contributed by atoms with Crippen molar-refractivity contribution in [2.45, 2.75) is 51.9 Å². The summed E-state index contributed by atoms with van der Waals surface area (Å²) >= 11 is 0. The minimum atomic E-state index is 0. The standard InChI is InChI=1S/C16H30N2O.ClH/c1-3-4-5-14-6-8-15(9-7-14)16(19)18-12-10-17(2)11-13-18;/h14-15H,3-13H2,1-2H3;1H. The molecule has 1 saturated heterocycles. The molecule has 0 aromatic rings. The second-order valence-electron chi connectivity index (χ2n) is 6.49. The molecule has 20 heavy (non-hydrogen) atoms. The van der Waals surface area contributed by atoms with Crippen LogP contribution in [0.15, 0.2) is 0 Å². The fraction of sp³-hybridized carbons (Fsp3) is 0.938. The number of piperazine rings is 1. The van der Waals surface area contributed by atoms with Crippen LogP contribution in [0.3, 0.4) is 0 Å². The molecule has 1 aliphatic heterocycles. The van der Waals surface area contributed by atoms with Gasteiger partial charge in [0.25, 0.3) is 0 Å². The second kappa shape index (κ2) is 8.89. The Balaban J connectivity index is 0.00000200. The van der Waals surface area contributed by atoms with E-state index >= 15 is 0 Å². The maximum Gasteiger partial charge on any atom is 0.225 e. The highest BCUT2D eigenvalue weighted by atomic mass is 35.5. The van der Waals surface area contributed by atoms with E-state index in [1.807, 2.05) is 0 Å². The molecule has 1 heterocycles. The Bertz CT molecular complexity index is 282. The van der Waals surface area contributed by atoms with Crippen molar-refractivity contribution in [1.82, 2.24) is 9.80 Å². The molecule has 118 valence electrons. The topological polar surface area (TPSA) is 23.6 Å². The van der Waals surface area contributed by atoms with Crippen molar-refractivity contribution in [2.24, 2.45) is 11.8 Å². The fourth-order valence-electron chi connectivity index (χ4n) is 3.48. The summed E-state index contributed by atoms with van der Waals surface area (Å²) in [6.07, 6.45) is 8.89. The molecule has 0 atom stereocenters. The number of unbranched alkanes of at least 4 members (excludes halogenated alkanes) is 1. The summed E-state index contributed by atoms with van der Waals surface area (Å²) in [5, 5.41) is 0. The molecule has 0 spiro atoms. The van der Waals surface area contributed by atoms with E-state index < -0.39 is 0 Å². The van der Waals surface area contributed by atoms with Gasteiger partial charge in [-0.3, -0.25) is 4.79 Å². The van der Waals surface area contributed by atoms with Crippen LogP contribution < -0.4 is 0 Å². The first-order valence-corrected chi connectivity index (χ1v) is 8.18. The Morgan fingerprint density at radius 2 is 1.65 bits per heavy atom. The molecule has 0 N–H and O–H groups in total. The van der Waals surface area contributed by atoms with Crippen molar-refractivity contribution in [2.75, 3.05) is 33.2 Å². The van der Waals surface area contributed by atoms with Crippen LogP contribution in [0, 0.1) is 11.8 Å². The lowest BCUT2D eigenvalue weighted by atomic mass is 9.79. The Labute approximate surface area is 130 Å². The second-order valence-corrected chi connectivity index (χ2v) is 6.49. The molecule has 0 unspecified atom stereocenters. The Hall–Kier alpha value is -0.280. The molecule has 0 aromatic carbocycles. The van der Waals surface area contributed by atoms with Crippen LogP contribution in [0.1, 0.15) is 51.9 Å². The maximum absolute atomic E-state index is 12.5. The van der Waals surface area contributed by atoms with Gasteiger partial charge in [0.1, 0.15) is 0 Å². The summed E-state index contributed by atoms with van der Waals surface area (Å²) in [6, 6.07) is 0. The van der Waals surface area contributed by atoms with Crippen molar-refractivity contribution in [3.05, 3.63) is 0 Å². The molecule has 0 bridgehead atoms. The lowest BCUT2D eigenvalue weighted by Gasteiger charge is -2.36. The molecule has 2 rings (SSSR count). The Morgan fingerprint density at radius 3 is 2.20 bits per heavy atom. The Morgan fingerprint density at radius 1 is 1.05 bits per heavy atom. The minimum absolute atomic E-state index is 0. The van der Waals surface area contributed by atoms with Crippen molar-refractivity contribution >= 4 is 18.3 Å². The number of hydrogen-bond acceptors (Lipinski definition) is 2. The van der Waals surface area contributed by atoms with Crippen LogP contribution in [0.5, 0.6) is 0 Å². The number of carbonyl (C=O) groups is 1. The van der Waals surface area contributed by atoms with Gasteiger partial charge in [0.2, 0.25) is 5.91 Å². The highest BCUT2D eigenvalue weighted by Gasteiger charge is 2.30. The molecule has 3 nitrogen and oxygen atoms in total. The van der Waals surface area contributed by atoms with Crippen LogP contribution >= 0.6 is 12.4 Å². The third-order valence-electron chi connectivity index (χ3n) is 4.98. The molecule has 1 amide bonds. The predicted molar refractivity (Wildman–Crippen MR) is 86.3 cm³/mol. The molecular weight excluding hydrogens is 272 g/mol. The fourth-order valence-corrected chi connectivity index (χ4v) is 3.48. The van der Waals surface area contributed by atoms with Crippen LogP contribution in [0.25, 0.3) is 0 Å². The van der Waals surface area contributed by atoms with Crippen LogP contribution in [-0.4, -0.2) is 48.9 Å². The molecule has 2 aliphatic rings. The normalized spacial score (nSPS) is 28.0. The molecule has 2 fully saturated rings. The average Bonchev–Trinajstić information content (AvgIpc) is 2.46. The maximum atomic E-state index is 12.5. The summed E-state index contributed by atoms with van der Waals surface area (Å²) in [5.41, 5.74) is 0. The van der Waals surface area contributed by atoms with Crippen LogP contribution in [0.2, 0.25) is 0 Å². The number of likely N-dealkylation sites (N-methyl/N-ethyl adjacent to an activating group) is 1. The number of hydrogen-bond donors (Lipinski definition) is 0. The van der Waals surface area contributed by atoms with Gasteiger partial charge in [-0.1, -0.05) is 26.2 Å². The van der Waals surface area contributed by atoms with Crippen molar-refractivity contribution < 1.29 is 4.79 Å². The lowest BCUT2D eigenvalue weighted by Crippen LogP contribution is -2.49. The third-order valence-corrected chi connectivity index (χ3v) is 4.98. The van der Waals surface area contributed by atoms with Crippen LogP contribution in [-0.2, 0) is 4.79 Å².